The largest absolute Gasteiger partial charge is 0.396 e. The van der Waals surface area contributed by atoms with Gasteiger partial charge < -0.3 is 5.11 Å². The van der Waals surface area contributed by atoms with Crippen LogP contribution < -0.4 is 0 Å². The number of nitrogens with zero attached hydrogens (tertiary/aromatic N) is 3. The zero-order valence-corrected chi connectivity index (χ0v) is 11.7. The molecule has 4 nitrogen and oxygen atoms in total. The molecular formula is C16H17N3O. The van der Waals surface area contributed by atoms with Crippen LogP contribution in [0.3, 0.4) is 0 Å². The molecule has 0 unspecified atom stereocenters. The summed E-state index contributed by atoms with van der Waals surface area (Å²) in [5, 5.41) is 9.27. The fourth-order valence-corrected chi connectivity index (χ4v) is 2.45. The van der Waals surface area contributed by atoms with Gasteiger partial charge in [-0.25, -0.2) is 9.97 Å². The Morgan fingerprint density at radius 1 is 1.20 bits per heavy atom. The van der Waals surface area contributed by atoms with Crippen molar-refractivity contribution in [3.05, 3.63) is 53.5 Å². The molecule has 2 heterocycles. The normalized spacial score (nSPS) is 11.2. The van der Waals surface area contributed by atoms with Crippen LogP contribution in [-0.4, -0.2) is 26.2 Å². The lowest BCUT2D eigenvalue weighted by Gasteiger charge is -2.08. The summed E-state index contributed by atoms with van der Waals surface area (Å²) in [6.45, 7) is 4.17. The lowest BCUT2D eigenvalue weighted by Crippen LogP contribution is -2.05. The second-order valence-electron chi connectivity index (χ2n) is 4.97. The first-order chi connectivity index (χ1) is 9.70. The van der Waals surface area contributed by atoms with Crippen molar-refractivity contribution in [1.29, 1.82) is 0 Å². The fourth-order valence-electron chi connectivity index (χ4n) is 2.45. The quantitative estimate of drug-likeness (QED) is 0.793. The minimum atomic E-state index is 0.0776. The molecule has 2 aromatic heterocycles. The Kier molecular flexibility index (Phi) is 3.24. The molecule has 0 radical (unpaired) electrons. The summed E-state index contributed by atoms with van der Waals surface area (Å²) >= 11 is 0. The molecule has 0 saturated heterocycles. The van der Waals surface area contributed by atoms with Crippen molar-refractivity contribution in [2.75, 3.05) is 6.61 Å². The smallest absolute Gasteiger partial charge is 0.138 e. The van der Waals surface area contributed by atoms with Gasteiger partial charge in [-0.2, -0.15) is 0 Å². The highest BCUT2D eigenvalue weighted by Crippen LogP contribution is 2.23. The van der Waals surface area contributed by atoms with Crippen molar-refractivity contribution in [3.8, 4) is 5.82 Å². The number of aliphatic hydroxyl groups excluding tert-OH is 1. The first kappa shape index (κ1) is 12.8. The van der Waals surface area contributed by atoms with Crippen molar-refractivity contribution < 1.29 is 5.11 Å². The standard InChI is InChI=1S/C16H17N3O/c1-11-6-8-17-15(10-11)19-13-5-3-4-12(2)16(13)18-14(19)7-9-20/h3-6,8,10,20H,7,9H2,1-2H3. The van der Waals surface area contributed by atoms with Gasteiger partial charge in [0, 0.05) is 12.6 Å². The van der Waals surface area contributed by atoms with Crippen LogP contribution in [0, 0.1) is 13.8 Å². The highest BCUT2D eigenvalue weighted by Gasteiger charge is 2.14. The number of hydrogen-bond acceptors (Lipinski definition) is 3. The molecule has 20 heavy (non-hydrogen) atoms. The van der Waals surface area contributed by atoms with Gasteiger partial charge in [-0.15, -0.1) is 0 Å². The van der Waals surface area contributed by atoms with Crippen molar-refractivity contribution >= 4 is 11.0 Å². The van der Waals surface area contributed by atoms with E-state index >= 15 is 0 Å². The first-order valence-corrected chi connectivity index (χ1v) is 6.71. The number of rotatable bonds is 3. The third-order valence-electron chi connectivity index (χ3n) is 3.42. The van der Waals surface area contributed by atoms with Crippen molar-refractivity contribution in [2.24, 2.45) is 0 Å². The summed E-state index contributed by atoms with van der Waals surface area (Å²) < 4.78 is 2.03. The van der Waals surface area contributed by atoms with Crippen LogP contribution in [0.25, 0.3) is 16.9 Å². The van der Waals surface area contributed by atoms with Crippen molar-refractivity contribution in [2.45, 2.75) is 20.3 Å². The second kappa shape index (κ2) is 5.06. The third kappa shape index (κ3) is 2.08. The average molecular weight is 267 g/mol. The maximum atomic E-state index is 9.27. The van der Waals surface area contributed by atoms with Crippen LogP contribution in [0.4, 0.5) is 0 Å². The molecule has 3 rings (SSSR count). The Balaban J connectivity index is 2.32. The predicted octanol–water partition coefficient (Wildman–Crippen LogP) is 2.57. The van der Waals surface area contributed by atoms with E-state index in [1.165, 1.54) is 0 Å². The molecule has 4 heteroatoms. The third-order valence-corrected chi connectivity index (χ3v) is 3.42. The number of aliphatic hydroxyl groups is 1. The van der Waals surface area contributed by atoms with Crippen LogP contribution in [-0.2, 0) is 6.42 Å². The lowest BCUT2D eigenvalue weighted by molar-refractivity contribution is 0.296. The van der Waals surface area contributed by atoms with E-state index in [9.17, 15) is 5.11 Å². The number of pyridine rings is 1. The summed E-state index contributed by atoms with van der Waals surface area (Å²) in [6.07, 6.45) is 2.32. The van der Waals surface area contributed by atoms with Crippen LogP contribution in [0.2, 0.25) is 0 Å². The van der Waals surface area contributed by atoms with Gasteiger partial charge in [-0.05, 0) is 43.2 Å². The monoisotopic (exact) mass is 267 g/mol. The van der Waals surface area contributed by atoms with Crippen LogP contribution in [0.15, 0.2) is 36.5 Å². The Labute approximate surface area is 117 Å². The maximum absolute atomic E-state index is 9.27. The molecule has 102 valence electrons. The molecule has 0 spiro atoms. The molecule has 0 aliphatic heterocycles. The summed E-state index contributed by atoms with van der Waals surface area (Å²) in [5.74, 6) is 1.69. The van der Waals surface area contributed by atoms with Crippen molar-refractivity contribution in [3.63, 3.8) is 0 Å². The summed E-state index contributed by atoms with van der Waals surface area (Å²) in [5.41, 5.74) is 4.29. The van der Waals surface area contributed by atoms with Crippen molar-refractivity contribution in [1.82, 2.24) is 14.5 Å². The lowest BCUT2D eigenvalue weighted by atomic mass is 10.2. The van der Waals surface area contributed by atoms with Gasteiger partial charge in [0.2, 0.25) is 0 Å². The second-order valence-corrected chi connectivity index (χ2v) is 4.97. The SMILES string of the molecule is Cc1ccnc(-n2c(CCO)nc3c(C)cccc32)c1. The molecule has 0 fully saturated rings. The molecule has 0 aliphatic carbocycles. The van der Waals surface area contributed by atoms with Gasteiger partial charge in [0.1, 0.15) is 11.6 Å². The van der Waals surface area contributed by atoms with Gasteiger partial charge in [0.05, 0.1) is 17.6 Å². The fraction of sp³-hybridized carbons (Fsp3) is 0.250. The molecule has 0 bridgehead atoms. The topological polar surface area (TPSA) is 50.9 Å². The number of aromatic nitrogens is 3. The molecule has 0 saturated carbocycles. The number of fused-ring (bicyclic) bond motifs is 1. The Bertz CT molecular complexity index is 762. The first-order valence-electron chi connectivity index (χ1n) is 6.71. The Morgan fingerprint density at radius 3 is 2.80 bits per heavy atom. The van der Waals surface area contributed by atoms with E-state index in [1.807, 2.05) is 48.7 Å². The average Bonchev–Trinajstić information content (AvgIpc) is 2.79. The van der Waals surface area contributed by atoms with Crippen LogP contribution in [0.5, 0.6) is 0 Å². The zero-order valence-electron chi connectivity index (χ0n) is 11.7. The predicted molar refractivity (Wildman–Crippen MR) is 79.1 cm³/mol. The van der Waals surface area contributed by atoms with Crippen LogP contribution >= 0.6 is 0 Å². The van der Waals surface area contributed by atoms with Gasteiger partial charge in [-0.3, -0.25) is 4.57 Å². The van der Waals surface area contributed by atoms with E-state index in [1.54, 1.807) is 6.20 Å². The maximum Gasteiger partial charge on any atom is 0.138 e. The van der Waals surface area contributed by atoms with Crippen LogP contribution in [0.1, 0.15) is 17.0 Å². The number of hydrogen-bond donors (Lipinski definition) is 1. The van der Waals surface area contributed by atoms with Gasteiger partial charge in [-0.1, -0.05) is 12.1 Å². The molecule has 0 amide bonds. The van der Waals surface area contributed by atoms with E-state index in [4.69, 9.17) is 0 Å². The summed E-state index contributed by atoms with van der Waals surface area (Å²) in [6, 6.07) is 10.1. The van der Waals surface area contributed by atoms with Gasteiger partial charge in [0.25, 0.3) is 0 Å². The number of imidazole rings is 1. The molecule has 1 aromatic carbocycles. The molecule has 3 aromatic rings. The number of aryl methyl sites for hydroxylation is 2. The Hall–Kier alpha value is -2.20. The molecule has 1 N–H and O–H groups in total. The Morgan fingerprint density at radius 2 is 2.05 bits per heavy atom. The highest BCUT2D eigenvalue weighted by molar-refractivity contribution is 5.81. The molecule has 0 atom stereocenters. The van der Waals surface area contributed by atoms with E-state index in [-0.39, 0.29) is 6.61 Å². The molecule has 0 aliphatic rings. The zero-order chi connectivity index (χ0) is 14.1. The minimum absolute atomic E-state index is 0.0776. The minimum Gasteiger partial charge on any atom is -0.396 e. The van der Waals surface area contributed by atoms with E-state index in [0.29, 0.717) is 6.42 Å². The number of para-hydroxylation sites is 1. The van der Waals surface area contributed by atoms with E-state index < -0.39 is 0 Å². The highest BCUT2D eigenvalue weighted by atomic mass is 16.3. The number of benzene rings is 1. The summed E-state index contributed by atoms with van der Waals surface area (Å²) in [7, 11) is 0. The van der Waals surface area contributed by atoms with E-state index in [0.717, 1.165) is 33.8 Å². The summed E-state index contributed by atoms with van der Waals surface area (Å²) in [4.78, 5) is 9.12. The van der Waals surface area contributed by atoms with Gasteiger partial charge in [0.15, 0.2) is 0 Å². The molecular weight excluding hydrogens is 250 g/mol. The van der Waals surface area contributed by atoms with E-state index in [2.05, 4.69) is 9.97 Å². The van der Waals surface area contributed by atoms with Gasteiger partial charge >= 0.3 is 0 Å².